The normalized spacial score (nSPS) is 12.0. The zero-order valence-corrected chi connectivity index (χ0v) is 12.9. The highest BCUT2D eigenvalue weighted by Gasteiger charge is 2.22. The van der Waals surface area contributed by atoms with Crippen LogP contribution in [0.2, 0.25) is 0 Å². The van der Waals surface area contributed by atoms with Crippen LogP contribution in [0.15, 0.2) is 6.07 Å². The van der Waals surface area contributed by atoms with Crippen molar-refractivity contribution in [2.24, 2.45) is 0 Å². The van der Waals surface area contributed by atoms with Crippen LogP contribution in [0.5, 0.6) is 0 Å². The first-order chi connectivity index (χ1) is 9.57. The summed E-state index contributed by atoms with van der Waals surface area (Å²) in [5, 5.41) is 11.6. The first-order valence-electron chi connectivity index (χ1n) is 6.68. The Hall–Kier alpha value is -1.40. The number of hydrogen-bond acceptors (Lipinski definition) is 5. The van der Waals surface area contributed by atoms with Crippen molar-refractivity contribution >= 4 is 23.2 Å². The van der Waals surface area contributed by atoms with Crippen molar-refractivity contribution in [1.82, 2.24) is 5.32 Å². The maximum absolute atomic E-state index is 12.1. The van der Waals surface area contributed by atoms with Gasteiger partial charge in [-0.3, -0.25) is 4.79 Å². The van der Waals surface area contributed by atoms with Crippen LogP contribution in [0.3, 0.4) is 0 Å². The maximum Gasteiger partial charge on any atom is 0.330 e. The monoisotopic (exact) mass is 299 g/mol. The Labute approximate surface area is 123 Å². The summed E-state index contributed by atoms with van der Waals surface area (Å²) in [6.07, 6.45) is 2.84. The Morgan fingerprint density at radius 1 is 1.45 bits per heavy atom. The molecule has 0 radical (unpaired) electrons. The number of amides is 1. The topological polar surface area (TPSA) is 75.6 Å². The molecule has 0 aliphatic carbocycles. The zero-order valence-electron chi connectivity index (χ0n) is 12.1. The number of ether oxygens (including phenoxy) is 1. The molecule has 1 aromatic rings. The molecule has 112 valence electrons. The van der Waals surface area contributed by atoms with Crippen molar-refractivity contribution in [2.75, 3.05) is 13.7 Å². The predicted octanol–water partition coefficient (Wildman–Crippen LogP) is 1.53. The number of thiophene rings is 1. The van der Waals surface area contributed by atoms with E-state index in [0.29, 0.717) is 4.88 Å². The fraction of sp³-hybridized carbons (Fsp3) is 0.571. The van der Waals surface area contributed by atoms with Gasteiger partial charge in [-0.25, -0.2) is 4.79 Å². The Morgan fingerprint density at radius 3 is 2.65 bits per heavy atom. The highest BCUT2D eigenvalue weighted by Crippen LogP contribution is 2.24. The number of aryl methyl sites for hydroxylation is 2. The van der Waals surface area contributed by atoms with E-state index in [1.54, 1.807) is 0 Å². The van der Waals surface area contributed by atoms with Gasteiger partial charge < -0.3 is 15.2 Å². The predicted molar refractivity (Wildman–Crippen MR) is 78.0 cm³/mol. The molecule has 1 rings (SSSR count). The number of rotatable bonds is 7. The number of esters is 1. The molecule has 0 aliphatic rings. The summed E-state index contributed by atoms with van der Waals surface area (Å²) >= 11 is 1.44. The van der Waals surface area contributed by atoms with E-state index in [2.05, 4.69) is 17.0 Å². The van der Waals surface area contributed by atoms with Crippen LogP contribution in [-0.2, 0) is 22.4 Å². The Morgan fingerprint density at radius 2 is 2.15 bits per heavy atom. The Balaban J connectivity index is 2.83. The molecule has 0 bridgehead atoms. The van der Waals surface area contributed by atoms with Gasteiger partial charge in [-0.05, 0) is 24.5 Å². The Bertz CT molecular complexity index is 470. The number of carbonyl (C=O) groups is 2. The van der Waals surface area contributed by atoms with Gasteiger partial charge in [0.15, 0.2) is 6.04 Å². The molecule has 0 aromatic carbocycles. The zero-order chi connectivity index (χ0) is 15.1. The summed E-state index contributed by atoms with van der Waals surface area (Å²) in [4.78, 5) is 25.2. The lowest BCUT2D eigenvalue weighted by Gasteiger charge is -2.12. The third-order valence-corrected chi connectivity index (χ3v) is 4.19. The molecule has 0 spiro atoms. The van der Waals surface area contributed by atoms with Crippen LogP contribution in [0.4, 0.5) is 0 Å². The molecule has 6 heteroatoms. The molecule has 20 heavy (non-hydrogen) atoms. The average Bonchev–Trinajstić information content (AvgIpc) is 2.87. The van der Waals surface area contributed by atoms with E-state index in [-0.39, 0.29) is 5.91 Å². The minimum atomic E-state index is -1.02. The minimum absolute atomic E-state index is 0.350. The first kappa shape index (κ1) is 16.7. The standard InChI is InChI=1S/C14H21NO4S/c1-4-6-11-9(5-2)7-12(20-11)13(17)15-10(8-16)14(18)19-3/h7,10,16H,4-6,8H2,1-3H3,(H,15,17). The maximum atomic E-state index is 12.1. The minimum Gasteiger partial charge on any atom is -0.467 e. The van der Waals surface area contributed by atoms with Crippen molar-refractivity contribution in [3.8, 4) is 0 Å². The lowest BCUT2D eigenvalue weighted by molar-refractivity contribution is -0.143. The summed E-state index contributed by atoms with van der Waals surface area (Å²) in [5.41, 5.74) is 1.17. The van der Waals surface area contributed by atoms with E-state index in [4.69, 9.17) is 5.11 Å². The van der Waals surface area contributed by atoms with Crippen molar-refractivity contribution < 1.29 is 19.4 Å². The van der Waals surface area contributed by atoms with Gasteiger partial charge in [0.1, 0.15) is 0 Å². The van der Waals surface area contributed by atoms with E-state index in [9.17, 15) is 9.59 Å². The van der Waals surface area contributed by atoms with E-state index in [1.807, 2.05) is 13.0 Å². The lowest BCUT2D eigenvalue weighted by Crippen LogP contribution is -2.43. The largest absolute Gasteiger partial charge is 0.467 e. The highest BCUT2D eigenvalue weighted by atomic mass is 32.1. The van der Waals surface area contributed by atoms with Crippen LogP contribution in [0, 0.1) is 0 Å². The number of methoxy groups -OCH3 is 1. The van der Waals surface area contributed by atoms with Crippen molar-refractivity contribution in [3.63, 3.8) is 0 Å². The van der Waals surface area contributed by atoms with E-state index in [0.717, 1.165) is 19.3 Å². The van der Waals surface area contributed by atoms with Crippen molar-refractivity contribution in [1.29, 1.82) is 0 Å². The number of carbonyl (C=O) groups excluding carboxylic acids is 2. The molecular formula is C14H21NO4S. The van der Waals surface area contributed by atoms with Gasteiger partial charge in [0.05, 0.1) is 18.6 Å². The van der Waals surface area contributed by atoms with Crippen molar-refractivity contribution in [2.45, 2.75) is 39.2 Å². The van der Waals surface area contributed by atoms with E-state index >= 15 is 0 Å². The molecule has 0 aliphatic heterocycles. The quantitative estimate of drug-likeness (QED) is 0.749. The third-order valence-electron chi connectivity index (χ3n) is 2.95. The second-order valence-electron chi connectivity index (χ2n) is 4.39. The second-order valence-corrected chi connectivity index (χ2v) is 5.53. The fourth-order valence-electron chi connectivity index (χ4n) is 1.87. The summed E-state index contributed by atoms with van der Waals surface area (Å²) in [6, 6.07) is 0.839. The van der Waals surface area contributed by atoms with E-state index < -0.39 is 18.6 Å². The molecule has 0 fully saturated rings. The fourth-order valence-corrected chi connectivity index (χ4v) is 3.13. The van der Waals surface area contributed by atoms with Crippen molar-refractivity contribution in [3.05, 3.63) is 21.4 Å². The van der Waals surface area contributed by atoms with Crippen LogP contribution in [0.1, 0.15) is 40.4 Å². The van der Waals surface area contributed by atoms with Gasteiger partial charge >= 0.3 is 5.97 Å². The molecule has 2 N–H and O–H groups in total. The van der Waals surface area contributed by atoms with Gasteiger partial charge in [-0.15, -0.1) is 11.3 Å². The molecule has 1 unspecified atom stereocenters. The number of aliphatic hydroxyl groups excluding tert-OH is 1. The van der Waals surface area contributed by atoms with Gasteiger partial charge in [0, 0.05) is 4.88 Å². The second kappa shape index (κ2) is 8.01. The molecule has 1 atom stereocenters. The lowest BCUT2D eigenvalue weighted by atomic mass is 10.1. The van der Waals surface area contributed by atoms with Crippen LogP contribution >= 0.6 is 11.3 Å². The van der Waals surface area contributed by atoms with Gasteiger partial charge in [-0.2, -0.15) is 0 Å². The molecule has 1 heterocycles. The van der Waals surface area contributed by atoms with Gasteiger partial charge in [0.2, 0.25) is 0 Å². The number of aliphatic hydroxyl groups is 1. The molecular weight excluding hydrogens is 278 g/mol. The average molecular weight is 299 g/mol. The number of hydrogen-bond donors (Lipinski definition) is 2. The first-order valence-corrected chi connectivity index (χ1v) is 7.50. The SMILES string of the molecule is CCCc1sc(C(=O)NC(CO)C(=O)OC)cc1CC. The molecule has 1 aromatic heterocycles. The van der Waals surface area contributed by atoms with Gasteiger partial charge in [0.25, 0.3) is 5.91 Å². The highest BCUT2D eigenvalue weighted by molar-refractivity contribution is 7.14. The summed E-state index contributed by atoms with van der Waals surface area (Å²) in [7, 11) is 1.22. The summed E-state index contributed by atoms with van der Waals surface area (Å²) < 4.78 is 4.52. The van der Waals surface area contributed by atoms with Crippen LogP contribution in [0.25, 0.3) is 0 Å². The molecule has 0 saturated carbocycles. The summed E-state index contributed by atoms with van der Waals surface area (Å²) in [5.74, 6) is -1.00. The molecule has 1 amide bonds. The summed E-state index contributed by atoms with van der Waals surface area (Å²) in [6.45, 7) is 3.66. The van der Waals surface area contributed by atoms with Gasteiger partial charge in [-0.1, -0.05) is 20.3 Å². The number of nitrogens with one attached hydrogen (secondary N) is 1. The van der Waals surface area contributed by atoms with Crippen LogP contribution < -0.4 is 5.32 Å². The smallest absolute Gasteiger partial charge is 0.330 e. The van der Waals surface area contributed by atoms with E-state index in [1.165, 1.54) is 28.9 Å². The molecule has 0 saturated heterocycles. The Kier molecular flexibility index (Phi) is 6.67. The third kappa shape index (κ3) is 4.05. The molecule has 5 nitrogen and oxygen atoms in total. The van der Waals surface area contributed by atoms with Crippen LogP contribution in [-0.4, -0.2) is 36.7 Å².